The van der Waals surface area contributed by atoms with Gasteiger partial charge in [0.15, 0.2) is 0 Å². The summed E-state index contributed by atoms with van der Waals surface area (Å²) >= 11 is 0. The zero-order valence-corrected chi connectivity index (χ0v) is 10.7. The lowest BCUT2D eigenvalue weighted by molar-refractivity contribution is -0.145. The van der Waals surface area contributed by atoms with Crippen molar-refractivity contribution in [2.45, 2.75) is 12.3 Å². The Balaban J connectivity index is 2.27. The van der Waals surface area contributed by atoms with Gasteiger partial charge in [-0.3, -0.25) is 9.59 Å². The number of rotatable bonds is 5. The van der Waals surface area contributed by atoms with E-state index in [9.17, 15) is 9.59 Å². The van der Waals surface area contributed by atoms with E-state index in [1.165, 1.54) is 0 Å². The molecular weight excluding hydrogens is 256 g/mol. The van der Waals surface area contributed by atoms with Crippen LogP contribution in [-0.4, -0.2) is 22.2 Å². The molecule has 4 heteroatoms. The van der Waals surface area contributed by atoms with Crippen LogP contribution in [0.2, 0.25) is 0 Å². The van der Waals surface area contributed by atoms with Crippen LogP contribution >= 0.6 is 0 Å². The minimum atomic E-state index is -1.13. The van der Waals surface area contributed by atoms with E-state index in [4.69, 9.17) is 10.2 Å². The predicted molar refractivity (Wildman–Crippen MR) is 74.5 cm³/mol. The van der Waals surface area contributed by atoms with Crippen LogP contribution in [0.25, 0.3) is 11.1 Å². The standard InChI is InChI=1S/C16H14O4/c17-15(18)10-14(16(19)20)13-8-6-12(7-9-13)11-4-2-1-3-5-11/h1-9,14H,10H2,(H,17,18)(H,19,20)/t14-/m1/s1. The Bertz CT molecular complexity index is 602. The number of carbonyl (C=O) groups is 2. The number of benzene rings is 2. The molecule has 102 valence electrons. The maximum absolute atomic E-state index is 11.1. The summed E-state index contributed by atoms with van der Waals surface area (Å²) in [6.45, 7) is 0. The lowest BCUT2D eigenvalue weighted by Gasteiger charge is -2.11. The minimum Gasteiger partial charge on any atom is -0.481 e. The van der Waals surface area contributed by atoms with Crippen LogP contribution < -0.4 is 0 Å². The van der Waals surface area contributed by atoms with E-state index in [1.54, 1.807) is 12.1 Å². The highest BCUT2D eigenvalue weighted by Crippen LogP contribution is 2.24. The molecular formula is C16H14O4. The molecule has 0 amide bonds. The molecule has 0 saturated heterocycles. The summed E-state index contributed by atoms with van der Waals surface area (Å²) in [6.07, 6.45) is -0.417. The fourth-order valence-electron chi connectivity index (χ4n) is 2.06. The van der Waals surface area contributed by atoms with Crippen molar-refractivity contribution in [2.24, 2.45) is 0 Å². The summed E-state index contributed by atoms with van der Waals surface area (Å²) in [6, 6.07) is 16.6. The van der Waals surface area contributed by atoms with Crippen molar-refractivity contribution in [1.29, 1.82) is 0 Å². The second-order valence-corrected chi connectivity index (χ2v) is 4.48. The molecule has 0 unspecified atom stereocenters. The molecule has 1 atom stereocenters. The summed E-state index contributed by atoms with van der Waals surface area (Å²) in [7, 11) is 0. The van der Waals surface area contributed by atoms with E-state index < -0.39 is 24.3 Å². The van der Waals surface area contributed by atoms with E-state index in [0.717, 1.165) is 11.1 Å². The van der Waals surface area contributed by atoms with Gasteiger partial charge in [-0.2, -0.15) is 0 Å². The lowest BCUT2D eigenvalue weighted by Crippen LogP contribution is -2.15. The molecule has 0 fully saturated rings. The minimum absolute atomic E-state index is 0.417. The van der Waals surface area contributed by atoms with E-state index in [0.29, 0.717) is 5.56 Å². The van der Waals surface area contributed by atoms with Crippen LogP contribution in [0.1, 0.15) is 17.9 Å². The zero-order chi connectivity index (χ0) is 14.5. The van der Waals surface area contributed by atoms with E-state index in [-0.39, 0.29) is 0 Å². The van der Waals surface area contributed by atoms with Crippen LogP contribution in [0.5, 0.6) is 0 Å². The monoisotopic (exact) mass is 270 g/mol. The van der Waals surface area contributed by atoms with E-state index >= 15 is 0 Å². The maximum Gasteiger partial charge on any atom is 0.311 e. The third-order valence-electron chi connectivity index (χ3n) is 3.10. The van der Waals surface area contributed by atoms with E-state index in [2.05, 4.69) is 0 Å². The quantitative estimate of drug-likeness (QED) is 0.875. The molecule has 0 saturated carbocycles. The van der Waals surface area contributed by atoms with Crippen molar-refractivity contribution < 1.29 is 19.8 Å². The van der Waals surface area contributed by atoms with Crippen LogP contribution in [0.3, 0.4) is 0 Å². The highest BCUT2D eigenvalue weighted by molar-refractivity contribution is 5.82. The van der Waals surface area contributed by atoms with Gasteiger partial charge in [0.2, 0.25) is 0 Å². The van der Waals surface area contributed by atoms with Gasteiger partial charge in [0.25, 0.3) is 0 Å². The van der Waals surface area contributed by atoms with Crippen molar-refractivity contribution in [3.05, 3.63) is 60.2 Å². The third kappa shape index (κ3) is 3.23. The summed E-state index contributed by atoms with van der Waals surface area (Å²) in [5.74, 6) is -3.26. The molecule has 0 aliphatic carbocycles. The largest absolute Gasteiger partial charge is 0.481 e. The Morgan fingerprint density at radius 3 is 1.90 bits per heavy atom. The Morgan fingerprint density at radius 1 is 0.850 bits per heavy atom. The van der Waals surface area contributed by atoms with Gasteiger partial charge in [-0.1, -0.05) is 54.6 Å². The molecule has 0 aliphatic heterocycles. The van der Waals surface area contributed by atoms with Gasteiger partial charge in [-0.25, -0.2) is 0 Å². The molecule has 2 N–H and O–H groups in total. The normalized spacial score (nSPS) is 11.8. The average molecular weight is 270 g/mol. The SMILES string of the molecule is O=C(O)C[C@@H](C(=O)O)c1ccc(-c2ccccc2)cc1. The fourth-order valence-corrected chi connectivity index (χ4v) is 2.06. The van der Waals surface area contributed by atoms with Crippen LogP contribution in [-0.2, 0) is 9.59 Å². The topological polar surface area (TPSA) is 74.6 Å². The molecule has 0 heterocycles. The molecule has 4 nitrogen and oxygen atoms in total. The van der Waals surface area contributed by atoms with Gasteiger partial charge >= 0.3 is 11.9 Å². The number of hydrogen-bond acceptors (Lipinski definition) is 2. The molecule has 0 spiro atoms. The molecule has 20 heavy (non-hydrogen) atoms. The average Bonchev–Trinajstić information content (AvgIpc) is 2.45. The van der Waals surface area contributed by atoms with Crippen molar-refractivity contribution in [3.63, 3.8) is 0 Å². The molecule has 0 aromatic heterocycles. The highest BCUT2D eigenvalue weighted by atomic mass is 16.4. The van der Waals surface area contributed by atoms with Crippen LogP contribution in [0.4, 0.5) is 0 Å². The lowest BCUT2D eigenvalue weighted by atomic mass is 9.94. The Labute approximate surface area is 116 Å². The van der Waals surface area contributed by atoms with Gasteiger partial charge in [-0.05, 0) is 16.7 Å². The second kappa shape index (κ2) is 6.02. The molecule has 2 aromatic carbocycles. The first-order chi connectivity index (χ1) is 9.58. The highest BCUT2D eigenvalue weighted by Gasteiger charge is 2.22. The number of carboxylic acids is 2. The summed E-state index contributed by atoms with van der Waals surface area (Å²) in [5, 5.41) is 17.9. The van der Waals surface area contributed by atoms with E-state index in [1.807, 2.05) is 42.5 Å². The van der Waals surface area contributed by atoms with Crippen molar-refractivity contribution in [2.75, 3.05) is 0 Å². The first kappa shape index (κ1) is 13.8. The number of carboxylic acid groups (broad SMARTS) is 2. The number of aliphatic carboxylic acids is 2. The first-order valence-electron chi connectivity index (χ1n) is 6.18. The van der Waals surface area contributed by atoms with Gasteiger partial charge in [0.05, 0.1) is 12.3 Å². The van der Waals surface area contributed by atoms with Crippen molar-refractivity contribution in [3.8, 4) is 11.1 Å². The van der Waals surface area contributed by atoms with Crippen molar-refractivity contribution in [1.82, 2.24) is 0 Å². The molecule has 2 aromatic rings. The van der Waals surface area contributed by atoms with Gasteiger partial charge in [0.1, 0.15) is 0 Å². The van der Waals surface area contributed by atoms with Gasteiger partial charge in [0, 0.05) is 0 Å². The summed E-state index contributed by atoms with van der Waals surface area (Å²) in [4.78, 5) is 21.8. The maximum atomic E-state index is 11.1. The molecule has 2 rings (SSSR count). The smallest absolute Gasteiger partial charge is 0.311 e. The Morgan fingerprint density at radius 2 is 1.40 bits per heavy atom. The summed E-state index contributed by atoms with van der Waals surface area (Å²) in [5.41, 5.74) is 2.50. The predicted octanol–water partition coefficient (Wildman–Crippen LogP) is 3.00. The van der Waals surface area contributed by atoms with Crippen molar-refractivity contribution >= 4 is 11.9 Å². The Kier molecular flexibility index (Phi) is 4.15. The molecule has 0 bridgehead atoms. The second-order valence-electron chi connectivity index (χ2n) is 4.48. The molecule has 0 radical (unpaired) electrons. The number of hydrogen-bond donors (Lipinski definition) is 2. The fraction of sp³-hybridized carbons (Fsp3) is 0.125. The van der Waals surface area contributed by atoms with Gasteiger partial charge in [-0.15, -0.1) is 0 Å². The van der Waals surface area contributed by atoms with Crippen LogP contribution in [0, 0.1) is 0 Å². The third-order valence-corrected chi connectivity index (χ3v) is 3.10. The molecule has 0 aliphatic rings. The Hall–Kier alpha value is -2.62. The first-order valence-corrected chi connectivity index (χ1v) is 6.18. The zero-order valence-electron chi connectivity index (χ0n) is 10.7. The van der Waals surface area contributed by atoms with Gasteiger partial charge < -0.3 is 10.2 Å². The van der Waals surface area contributed by atoms with Crippen LogP contribution in [0.15, 0.2) is 54.6 Å². The summed E-state index contributed by atoms with van der Waals surface area (Å²) < 4.78 is 0.